The van der Waals surface area contributed by atoms with Crippen molar-refractivity contribution in [1.82, 2.24) is 4.48 Å². The summed E-state index contributed by atoms with van der Waals surface area (Å²) in [4.78, 5) is 5.10. The van der Waals surface area contributed by atoms with Crippen LogP contribution in [0.25, 0.3) is 33.5 Å². The highest BCUT2D eigenvalue weighted by Crippen LogP contribution is 2.45. The van der Waals surface area contributed by atoms with Gasteiger partial charge in [-0.25, -0.2) is 4.99 Å². The van der Waals surface area contributed by atoms with Crippen LogP contribution >= 0.6 is 0 Å². The van der Waals surface area contributed by atoms with Crippen LogP contribution in [0.3, 0.4) is 0 Å². The van der Waals surface area contributed by atoms with Gasteiger partial charge in [-0.05, 0) is 130 Å². The lowest BCUT2D eigenvalue weighted by atomic mass is 9.89. The number of aliphatic imine (C=N–C) groups is 1. The largest absolute Gasteiger partial charge is 0.598 e. The monoisotopic (exact) mass is 882 g/mol. The first-order valence-corrected chi connectivity index (χ1v) is 19.9. The second kappa shape index (κ2) is 17.3. The fourth-order valence-electron chi connectivity index (χ4n) is 7.39. The number of hydrogen-bond acceptors (Lipinski definition) is 3. The standard InChI is InChI=1S/C48H45BF10N2O2/c1-26-10-14-35(15-11-26)41-22-39(37-20-30(5)28(3)18-32(37)7)43(60-41)34(9)44-40(38-21-31(6)29(4)19-33(38)8)23-42(36-16-12-27(2)13-17-36)61(44)49(62-24-45(50,51)47(54,55)56)63-25-46(52,53)48(57,58)59/h10-23H,24-25H2,1-9H3/b43-34-. The Hall–Kier alpha value is -5.41. The Bertz CT molecular complexity index is 2610. The minimum Gasteiger partial charge on any atom is -0.385 e. The van der Waals surface area contributed by atoms with E-state index in [4.69, 9.17) is 14.3 Å². The first-order chi connectivity index (χ1) is 29.2. The average Bonchev–Trinajstić information content (AvgIpc) is 3.80. The van der Waals surface area contributed by atoms with Gasteiger partial charge in [-0.1, -0.05) is 83.9 Å². The second-order valence-electron chi connectivity index (χ2n) is 16.3. The van der Waals surface area contributed by atoms with E-state index in [9.17, 15) is 43.9 Å². The molecular formula is C48H45BF10N2O2. The van der Waals surface area contributed by atoms with Crippen LogP contribution < -0.4 is 0 Å². The van der Waals surface area contributed by atoms with Crippen LogP contribution in [0.5, 0.6) is 0 Å². The maximum Gasteiger partial charge on any atom is 0.598 e. The van der Waals surface area contributed by atoms with Gasteiger partial charge in [-0.15, -0.1) is 0 Å². The molecule has 0 aliphatic carbocycles. The molecule has 6 rings (SSSR count). The first kappa shape index (κ1) is 47.1. The summed E-state index contributed by atoms with van der Waals surface area (Å²) in [6.07, 6.45) is -10.5. The molecule has 0 N–H and O–H groups in total. The van der Waals surface area contributed by atoms with E-state index in [1.54, 1.807) is 51.1 Å². The normalized spacial score (nSPS) is 14.6. The first-order valence-electron chi connectivity index (χ1n) is 19.9. The van der Waals surface area contributed by atoms with Gasteiger partial charge in [0.05, 0.1) is 11.4 Å². The maximum absolute atomic E-state index is 14.7. The number of aryl methyl sites for hydroxylation is 8. The van der Waals surface area contributed by atoms with Gasteiger partial charge in [0.15, 0.2) is 0 Å². The van der Waals surface area contributed by atoms with Crippen LogP contribution in [0.2, 0.25) is 0 Å². The highest BCUT2D eigenvalue weighted by molar-refractivity contribution is 6.44. The Balaban J connectivity index is 1.77. The molecule has 0 bridgehead atoms. The summed E-state index contributed by atoms with van der Waals surface area (Å²) in [6.45, 7) is 11.6. The average molecular weight is 883 g/mol. The van der Waals surface area contributed by atoms with Gasteiger partial charge in [-0.3, -0.25) is 0 Å². The lowest BCUT2D eigenvalue weighted by Crippen LogP contribution is -2.48. The van der Waals surface area contributed by atoms with E-state index in [2.05, 4.69) is 0 Å². The summed E-state index contributed by atoms with van der Waals surface area (Å²) in [5, 5.41) is 0. The van der Waals surface area contributed by atoms with E-state index in [-0.39, 0.29) is 22.5 Å². The van der Waals surface area contributed by atoms with E-state index in [0.29, 0.717) is 33.7 Å². The Morgan fingerprint density at radius 3 is 1.44 bits per heavy atom. The van der Waals surface area contributed by atoms with Crippen molar-refractivity contribution in [3.05, 3.63) is 152 Å². The van der Waals surface area contributed by atoms with E-state index in [1.807, 2.05) is 96.1 Å². The number of hydrogen-bond donors (Lipinski definition) is 0. The predicted molar refractivity (Wildman–Crippen MR) is 228 cm³/mol. The summed E-state index contributed by atoms with van der Waals surface area (Å²) >= 11 is 0. The lowest BCUT2D eigenvalue weighted by molar-refractivity contribution is -0.295. The number of benzene rings is 4. The number of nitrogens with zero attached hydrogens (tertiary/aromatic N) is 2. The smallest absolute Gasteiger partial charge is 0.385 e. The maximum atomic E-state index is 14.7. The summed E-state index contributed by atoms with van der Waals surface area (Å²) in [6, 6.07) is 23.3. The molecule has 15 heteroatoms. The zero-order chi connectivity index (χ0) is 46.6. The van der Waals surface area contributed by atoms with Gasteiger partial charge in [0.1, 0.15) is 13.2 Å². The minimum absolute atomic E-state index is 0.0103. The van der Waals surface area contributed by atoms with Crippen molar-refractivity contribution >= 4 is 24.1 Å². The number of allylic oxidation sites excluding steroid dienone is 3. The minimum atomic E-state index is -6.18. The van der Waals surface area contributed by atoms with Crippen molar-refractivity contribution in [3.63, 3.8) is 0 Å². The molecule has 4 nitrogen and oxygen atoms in total. The van der Waals surface area contributed by atoms with E-state index >= 15 is 0 Å². The molecule has 0 atom stereocenters. The number of halogens is 10. The van der Waals surface area contributed by atoms with Gasteiger partial charge >= 0.3 is 31.5 Å². The number of rotatable bonds is 12. The Morgan fingerprint density at radius 2 is 0.968 bits per heavy atom. The number of aromatic nitrogens is 1. The molecule has 1 aliphatic heterocycles. The molecule has 0 amide bonds. The van der Waals surface area contributed by atoms with Crippen LogP contribution in [0.4, 0.5) is 43.9 Å². The molecular weight excluding hydrogens is 837 g/mol. The zero-order valence-corrected chi connectivity index (χ0v) is 36.1. The Labute approximate surface area is 360 Å². The van der Waals surface area contributed by atoms with Crippen molar-refractivity contribution < 1.29 is 53.2 Å². The SMILES string of the molecule is C/C(=C1/N=C(c2ccc(C)cc2)C=C1c1cc(C)c(C)cc1C)c1c(-c2cc(C)c(C)cc2C)cc(-c2ccc(C)cc2)n1B(OCC(F)(F)C(F)(F)F)OCC(F)(F)C(F)(F)F. The molecule has 63 heavy (non-hydrogen) atoms. The van der Waals surface area contributed by atoms with Crippen LogP contribution in [0.1, 0.15) is 68.3 Å². The third-order valence-electron chi connectivity index (χ3n) is 11.3. The topological polar surface area (TPSA) is 35.8 Å². The third kappa shape index (κ3) is 9.59. The zero-order valence-electron chi connectivity index (χ0n) is 36.1. The molecule has 0 spiro atoms. The molecule has 332 valence electrons. The van der Waals surface area contributed by atoms with Crippen LogP contribution in [-0.2, 0) is 9.31 Å². The van der Waals surface area contributed by atoms with Crippen LogP contribution in [-0.4, -0.2) is 54.9 Å². The molecule has 4 aromatic carbocycles. The lowest BCUT2D eigenvalue weighted by Gasteiger charge is -2.27. The van der Waals surface area contributed by atoms with E-state index in [0.717, 1.165) is 54.5 Å². The fraction of sp³-hybridized carbons (Fsp3) is 0.312. The molecule has 0 fully saturated rings. The van der Waals surface area contributed by atoms with E-state index < -0.39 is 44.7 Å². The quantitative estimate of drug-likeness (QED) is 0.0924. The summed E-state index contributed by atoms with van der Waals surface area (Å²) in [5.74, 6) is -11.1. The molecule has 0 unspecified atom stereocenters. The van der Waals surface area contributed by atoms with E-state index in [1.165, 1.54) is 0 Å². The molecule has 1 aliphatic rings. The van der Waals surface area contributed by atoms with Crippen molar-refractivity contribution in [3.8, 4) is 22.4 Å². The molecule has 0 saturated carbocycles. The second-order valence-corrected chi connectivity index (χ2v) is 16.3. The van der Waals surface area contributed by atoms with Gasteiger partial charge in [-0.2, -0.15) is 43.9 Å². The van der Waals surface area contributed by atoms with Crippen molar-refractivity contribution in [2.24, 2.45) is 4.99 Å². The molecule has 5 aromatic rings. The van der Waals surface area contributed by atoms with Gasteiger partial charge < -0.3 is 13.8 Å². The van der Waals surface area contributed by atoms with Gasteiger partial charge in [0.25, 0.3) is 0 Å². The van der Waals surface area contributed by atoms with Crippen LogP contribution in [0.15, 0.2) is 95.6 Å². The molecule has 0 radical (unpaired) electrons. The highest BCUT2D eigenvalue weighted by atomic mass is 19.4. The summed E-state index contributed by atoms with van der Waals surface area (Å²) < 4.78 is 152. The van der Waals surface area contributed by atoms with Crippen LogP contribution in [0, 0.1) is 55.4 Å². The summed E-state index contributed by atoms with van der Waals surface area (Å²) in [5.41, 5.74) is 11.1. The molecule has 2 heterocycles. The van der Waals surface area contributed by atoms with Crippen molar-refractivity contribution in [1.29, 1.82) is 0 Å². The van der Waals surface area contributed by atoms with Gasteiger partial charge in [0, 0.05) is 28.1 Å². The Kier molecular flexibility index (Phi) is 12.9. The highest BCUT2D eigenvalue weighted by Gasteiger charge is 2.60. The predicted octanol–water partition coefficient (Wildman–Crippen LogP) is 13.9. The molecule has 0 saturated heterocycles. The molecule has 1 aromatic heterocycles. The van der Waals surface area contributed by atoms with Crippen molar-refractivity contribution in [2.75, 3.05) is 13.2 Å². The fourth-order valence-corrected chi connectivity index (χ4v) is 7.39. The number of alkyl halides is 10. The summed E-state index contributed by atoms with van der Waals surface area (Å²) in [7, 11) is -2.72. The third-order valence-corrected chi connectivity index (χ3v) is 11.3. The van der Waals surface area contributed by atoms with Gasteiger partial charge in [0.2, 0.25) is 0 Å². The van der Waals surface area contributed by atoms with Crippen molar-refractivity contribution in [2.45, 2.75) is 86.5 Å². The Morgan fingerprint density at radius 1 is 0.540 bits per heavy atom.